The van der Waals surface area contributed by atoms with Gasteiger partial charge in [-0.05, 0) is 37.3 Å². The lowest BCUT2D eigenvalue weighted by molar-refractivity contribution is 0.102. The average molecular weight is 454 g/mol. The molecule has 1 N–H and O–H groups in total. The molecule has 4 nitrogen and oxygen atoms in total. The fourth-order valence-corrected chi connectivity index (χ4v) is 2.82. The zero-order valence-corrected chi connectivity index (χ0v) is 15.6. The van der Waals surface area contributed by atoms with Crippen LogP contribution in [0.1, 0.15) is 16.1 Å². The molecule has 0 fully saturated rings. The number of aryl methyl sites for hydroxylation is 1. The zero-order chi connectivity index (χ0) is 17.3. The molecule has 0 bridgehead atoms. The summed E-state index contributed by atoms with van der Waals surface area (Å²) in [6.45, 7) is 1.64. The quantitative estimate of drug-likeness (QED) is 0.564. The van der Waals surface area contributed by atoms with Gasteiger partial charge in [-0.1, -0.05) is 49.1 Å². The van der Waals surface area contributed by atoms with Gasteiger partial charge in [0.2, 0.25) is 0 Å². The van der Waals surface area contributed by atoms with Crippen molar-refractivity contribution >= 4 is 43.5 Å². The summed E-state index contributed by atoms with van der Waals surface area (Å²) in [5.74, 6) is -0.646. The summed E-state index contributed by atoms with van der Waals surface area (Å²) in [6.07, 6.45) is 0. The van der Waals surface area contributed by atoms with Crippen LogP contribution >= 0.6 is 31.9 Å². The van der Waals surface area contributed by atoms with E-state index in [1.165, 1.54) is 12.1 Å². The summed E-state index contributed by atoms with van der Waals surface area (Å²) in [5, 5.41) is 6.52. The van der Waals surface area contributed by atoms with E-state index in [1.54, 1.807) is 13.0 Å². The van der Waals surface area contributed by atoms with Gasteiger partial charge < -0.3 is 9.84 Å². The molecule has 24 heavy (non-hydrogen) atoms. The Morgan fingerprint density at radius 2 is 1.79 bits per heavy atom. The first-order chi connectivity index (χ1) is 11.5. The molecule has 2 aromatic carbocycles. The number of nitrogens with zero attached hydrogens (tertiary/aromatic N) is 1. The Balaban J connectivity index is 1.95. The van der Waals surface area contributed by atoms with Crippen LogP contribution in [0, 0.1) is 12.7 Å². The highest BCUT2D eigenvalue weighted by molar-refractivity contribution is 9.10. The fourth-order valence-electron chi connectivity index (χ4n) is 2.22. The standard InChI is InChI=1S/C17H11Br2FN2O2/c1-9-15(16(22-24-9)10-2-4-11(18)5-3-10)17(23)21-14-7-6-12(19)8-13(14)20/h2-8H,1H3,(H,21,23). The van der Waals surface area contributed by atoms with Crippen LogP contribution in [0.3, 0.4) is 0 Å². The summed E-state index contributed by atoms with van der Waals surface area (Å²) >= 11 is 6.54. The third-order valence-electron chi connectivity index (χ3n) is 3.39. The molecule has 7 heteroatoms. The molecule has 0 atom stereocenters. The van der Waals surface area contributed by atoms with E-state index in [9.17, 15) is 9.18 Å². The van der Waals surface area contributed by atoms with E-state index in [4.69, 9.17) is 4.52 Å². The minimum Gasteiger partial charge on any atom is -0.360 e. The number of nitrogens with one attached hydrogen (secondary N) is 1. The van der Waals surface area contributed by atoms with Crippen LogP contribution in [0.5, 0.6) is 0 Å². The van der Waals surface area contributed by atoms with Crippen LogP contribution in [-0.2, 0) is 0 Å². The van der Waals surface area contributed by atoms with Gasteiger partial charge in [0.1, 0.15) is 22.8 Å². The van der Waals surface area contributed by atoms with E-state index in [0.717, 1.165) is 10.0 Å². The maximum absolute atomic E-state index is 13.9. The summed E-state index contributed by atoms with van der Waals surface area (Å²) in [6, 6.07) is 11.7. The zero-order valence-electron chi connectivity index (χ0n) is 12.4. The molecule has 3 rings (SSSR count). The topological polar surface area (TPSA) is 55.1 Å². The van der Waals surface area contributed by atoms with Crippen LogP contribution in [-0.4, -0.2) is 11.1 Å². The van der Waals surface area contributed by atoms with Crippen LogP contribution in [0.15, 0.2) is 55.9 Å². The number of aromatic nitrogens is 1. The number of hydrogen-bond acceptors (Lipinski definition) is 3. The molecule has 0 aliphatic rings. The Morgan fingerprint density at radius 1 is 1.12 bits per heavy atom. The molecule has 1 amide bonds. The lowest BCUT2D eigenvalue weighted by Gasteiger charge is -2.07. The van der Waals surface area contributed by atoms with Crippen molar-refractivity contribution in [3.63, 3.8) is 0 Å². The number of benzene rings is 2. The molecule has 0 aliphatic carbocycles. The van der Waals surface area contributed by atoms with E-state index in [0.29, 0.717) is 15.9 Å². The Hall–Kier alpha value is -1.99. The van der Waals surface area contributed by atoms with E-state index < -0.39 is 11.7 Å². The van der Waals surface area contributed by atoms with Crippen molar-refractivity contribution in [2.75, 3.05) is 5.32 Å². The molecule has 1 aromatic heterocycles. The second-order valence-electron chi connectivity index (χ2n) is 5.05. The number of halogens is 3. The Morgan fingerprint density at radius 3 is 2.46 bits per heavy atom. The van der Waals surface area contributed by atoms with E-state index >= 15 is 0 Å². The normalized spacial score (nSPS) is 10.7. The molecule has 0 saturated heterocycles. The number of carbonyl (C=O) groups is 1. The lowest BCUT2D eigenvalue weighted by Crippen LogP contribution is -2.14. The minimum absolute atomic E-state index is 0.0885. The average Bonchev–Trinajstić information content (AvgIpc) is 2.92. The number of anilines is 1. The van der Waals surface area contributed by atoms with Gasteiger partial charge in [-0.2, -0.15) is 0 Å². The summed E-state index contributed by atoms with van der Waals surface area (Å²) in [7, 11) is 0. The highest BCUT2D eigenvalue weighted by Gasteiger charge is 2.22. The molecule has 0 spiro atoms. The number of carbonyl (C=O) groups excluding carboxylic acids is 1. The summed E-state index contributed by atoms with van der Waals surface area (Å²) in [4.78, 5) is 12.6. The van der Waals surface area contributed by atoms with E-state index in [-0.39, 0.29) is 11.3 Å². The minimum atomic E-state index is -0.531. The molecule has 3 aromatic rings. The summed E-state index contributed by atoms with van der Waals surface area (Å²) in [5.41, 5.74) is 1.51. The maximum atomic E-state index is 13.9. The van der Waals surface area contributed by atoms with Crippen molar-refractivity contribution in [3.8, 4) is 11.3 Å². The highest BCUT2D eigenvalue weighted by Crippen LogP contribution is 2.28. The Labute approximate surface area is 154 Å². The maximum Gasteiger partial charge on any atom is 0.261 e. The third kappa shape index (κ3) is 3.42. The predicted octanol–water partition coefficient (Wildman–Crippen LogP) is 5.57. The smallest absolute Gasteiger partial charge is 0.261 e. The van der Waals surface area contributed by atoms with E-state index in [2.05, 4.69) is 42.3 Å². The van der Waals surface area contributed by atoms with Crippen molar-refractivity contribution in [1.29, 1.82) is 0 Å². The van der Waals surface area contributed by atoms with Crippen LogP contribution in [0.25, 0.3) is 11.3 Å². The van der Waals surface area contributed by atoms with Gasteiger partial charge in [0, 0.05) is 14.5 Å². The second-order valence-corrected chi connectivity index (χ2v) is 6.88. The molecule has 1 heterocycles. The van der Waals surface area contributed by atoms with Gasteiger partial charge in [-0.15, -0.1) is 0 Å². The van der Waals surface area contributed by atoms with Crippen molar-refractivity contribution < 1.29 is 13.7 Å². The first kappa shape index (κ1) is 16.9. The largest absolute Gasteiger partial charge is 0.360 e. The SMILES string of the molecule is Cc1onc(-c2ccc(Br)cc2)c1C(=O)Nc1ccc(Br)cc1F. The second kappa shape index (κ2) is 6.86. The molecular weight excluding hydrogens is 443 g/mol. The lowest BCUT2D eigenvalue weighted by atomic mass is 10.1. The van der Waals surface area contributed by atoms with Crippen molar-refractivity contribution in [2.24, 2.45) is 0 Å². The van der Waals surface area contributed by atoms with Gasteiger partial charge in [-0.25, -0.2) is 4.39 Å². The van der Waals surface area contributed by atoms with Crippen LogP contribution in [0.2, 0.25) is 0 Å². The van der Waals surface area contributed by atoms with Gasteiger partial charge >= 0.3 is 0 Å². The van der Waals surface area contributed by atoms with Gasteiger partial charge in [0.15, 0.2) is 0 Å². The third-order valence-corrected chi connectivity index (χ3v) is 4.41. The number of amides is 1. The fraction of sp³-hybridized carbons (Fsp3) is 0.0588. The first-order valence-electron chi connectivity index (χ1n) is 6.94. The molecule has 0 unspecified atom stereocenters. The Kier molecular flexibility index (Phi) is 4.82. The molecule has 0 saturated carbocycles. The van der Waals surface area contributed by atoms with Crippen molar-refractivity contribution in [2.45, 2.75) is 6.92 Å². The number of rotatable bonds is 3. The molecular formula is C17H11Br2FN2O2. The predicted molar refractivity (Wildman–Crippen MR) is 96.4 cm³/mol. The molecule has 0 radical (unpaired) electrons. The first-order valence-corrected chi connectivity index (χ1v) is 8.53. The highest BCUT2D eigenvalue weighted by atomic mass is 79.9. The Bertz CT molecular complexity index is 907. The number of hydrogen-bond donors (Lipinski definition) is 1. The molecule has 0 aliphatic heterocycles. The molecule has 122 valence electrons. The summed E-state index contributed by atoms with van der Waals surface area (Å²) < 4.78 is 20.6. The van der Waals surface area contributed by atoms with E-state index in [1.807, 2.05) is 24.3 Å². The monoisotopic (exact) mass is 452 g/mol. The van der Waals surface area contributed by atoms with Crippen LogP contribution < -0.4 is 5.32 Å². The van der Waals surface area contributed by atoms with Crippen LogP contribution in [0.4, 0.5) is 10.1 Å². The van der Waals surface area contributed by atoms with Crippen molar-refractivity contribution in [3.05, 3.63) is 68.6 Å². The van der Waals surface area contributed by atoms with Gasteiger partial charge in [0.25, 0.3) is 5.91 Å². The van der Waals surface area contributed by atoms with Gasteiger partial charge in [0.05, 0.1) is 5.69 Å². The van der Waals surface area contributed by atoms with Crippen molar-refractivity contribution in [1.82, 2.24) is 5.16 Å². The van der Waals surface area contributed by atoms with Gasteiger partial charge in [-0.3, -0.25) is 4.79 Å².